The van der Waals surface area contributed by atoms with Gasteiger partial charge < -0.3 is 14.2 Å². The van der Waals surface area contributed by atoms with Crippen LogP contribution < -0.4 is 0 Å². The van der Waals surface area contributed by atoms with Crippen molar-refractivity contribution in [1.82, 2.24) is 0 Å². The highest BCUT2D eigenvalue weighted by molar-refractivity contribution is 5.71. The zero-order valence-electron chi connectivity index (χ0n) is 53.9. The van der Waals surface area contributed by atoms with Crippen molar-refractivity contribution >= 4 is 17.9 Å². The minimum atomic E-state index is -0.798. The molecule has 1 atom stereocenters. The normalized spacial score (nSPS) is 13.0. The largest absolute Gasteiger partial charge is 0.462 e. The Kier molecular flexibility index (Phi) is 65.8. The van der Waals surface area contributed by atoms with Gasteiger partial charge in [-0.2, -0.15) is 0 Å². The third-order valence-electron chi connectivity index (χ3n) is 14.3. The van der Waals surface area contributed by atoms with Gasteiger partial charge in [0, 0.05) is 19.3 Å². The SMILES string of the molecule is CC/C=C\C/C=C\C/C=C\C/C=C\C/C=C\C/C=C\CCCCCCCCCCCCCCCCC(=O)OCC(COC(=O)CCCCCCC/C=C\C/C=C\CCC)OC(=O)CCCCCCCC/C=C\C/C=C\C/C=C\C/C=C\CC. The highest BCUT2D eigenvalue weighted by Gasteiger charge is 2.19. The number of unbranched alkanes of at least 4 members (excludes halogenated alkanes) is 26. The van der Waals surface area contributed by atoms with Crippen LogP contribution in [-0.2, 0) is 28.6 Å². The third kappa shape index (κ3) is 68.0. The molecule has 0 aromatic heterocycles. The topological polar surface area (TPSA) is 78.9 Å². The van der Waals surface area contributed by atoms with E-state index in [1.807, 2.05) is 0 Å². The molecule has 1 unspecified atom stereocenters. The van der Waals surface area contributed by atoms with E-state index in [9.17, 15) is 14.4 Å². The first-order valence-corrected chi connectivity index (χ1v) is 34.3. The summed E-state index contributed by atoms with van der Waals surface area (Å²) in [5.41, 5.74) is 0. The average Bonchev–Trinajstić information content (AvgIpc) is 3.49. The van der Waals surface area contributed by atoms with Crippen molar-refractivity contribution in [2.24, 2.45) is 0 Å². The molecule has 6 heteroatoms. The van der Waals surface area contributed by atoms with Crippen LogP contribution in [0.2, 0.25) is 0 Å². The van der Waals surface area contributed by atoms with Crippen LogP contribution in [0.1, 0.15) is 303 Å². The molecule has 6 nitrogen and oxygen atoms in total. The number of carbonyl (C=O) groups excluding carboxylic acids is 3. The molecule has 0 saturated carbocycles. The van der Waals surface area contributed by atoms with E-state index in [2.05, 4.69) is 167 Å². The van der Waals surface area contributed by atoms with Crippen molar-refractivity contribution in [1.29, 1.82) is 0 Å². The van der Waals surface area contributed by atoms with Gasteiger partial charge in [-0.1, -0.05) is 295 Å². The summed E-state index contributed by atoms with van der Waals surface area (Å²) in [7, 11) is 0. The van der Waals surface area contributed by atoms with E-state index in [1.165, 1.54) is 96.3 Å². The molecule has 0 N–H and O–H groups in total. The summed E-state index contributed by atoms with van der Waals surface area (Å²) in [6.45, 7) is 6.34. The molecule has 0 aromatic rings. The van der Waals surface area contributed by atoms with Crippen LogP contribution in [0.5, 0.6) is 0 Å². The molecule has 83 heavy (non-hydrogen) atoms. The number of allylic oxidation sites excluding steroid dienone is 24. The lowest BCUT2D eigenvalue weighted by molar-refractivity contribution is -0.167. The number of carbonyl (C=O) groups is 3. The maximum absolute atomic E-state index is 12.9. The molecule has 0 bridgehead atoms. The highest BCUT2D eigenvalue weighted by atomic mass is 16.6. The van der Waals surface area contributed by atoms with E-state index < -0.39 is 6.10 Å². The molecule has 0 fully saturated rings. The summed E-state index contributed by atoms with van der Waals surface area (Å²) in [4.78, 5) is 38.4. The Balaban J connectivity index is 4.26. The molecule has 470 valence electrons. The smallest absolute Gasteiger partial charge is 0.306 e. The van der Waals surface area contributed by atoms with E-state index in [-0.39, 0.29) is 31.1 Å². The second-order valence-corrected chi connectivity index (χ2v) is 22.3. The van der Waals surface area contributed by atoms with Gasteiger partial charge in [0.25, 0.3) is 0 Å². The second kappa shape index (κ2) is 69.8. The second-order valence-electron chi connectivity index (χ2n) is 22.3. The molecular weight excluding hydrogens is 1020 g/mol. The lowest BCUT2D eigenvalue weighted by Crippen LogP contribution is -2.30. The first kappa shape index (κ1) is 78.3. The molecule has 0 spiro atoms. The molecule has 0 radical (unpaired) electrons. The van der Waals surface area contributed by atoms with Crippen molar-refractivity contribution in [3.8, 4) is 0 Å². The predicted octanol–water partition coefficient (Wildman–Crippen LogP) is 23.9. The van der Waals surface area contributed by atoms with Gasteiger partial charge in [0.15, 0.2) is 6.10 Å². The summed E-state index contributed by atoms with van der Waals surface area (Å²) >= 11 is 0. The van der Waals surface area contributed by atoms with Crippen LogP contribution in [0.3, 0.4) is 0 Å². The highest BCUT2D eigenvalue weighted by Crippen LogP contribution is 2.16. The minimum Gasteiger partial charge on any atom is -0.462 e. The Morgan fingerprint density at radius 2 is 0.470 bits per heavy atom. The fourth-order valence-electron chi connectivity index (χ4n) is 9.24. The number of hydrogen-bond donors (Lipinski definition) is 0. The predicted molar refractivity (Wildman–Crippen MR) is 362 cm³/mol. The number of ether oxygens (including phenoxy) is 3. The van der Waals surface area contributed by atoms with E-state index in [0.717, 1.165) is 167 Å². The summed E-state index contributed by atoms with van der Waals surface area (Å²) < 4.78 is 16.9. The molecule has 0 heterocycles. The number of esters is 3. The molecule has 0 aromatic carbocycles. The molecular formula is C77H126O6. The van der Waals surface area contributed by atoms with E-state index >= 15 is 0 Å². The average molecular weight is 1150 g/mol. The maximum Gasteiger partial charge on any atom is 0.306 e. The first-order valence-electron chi connectivity index (χ1n) is 34.3. The van der Waals surface area contributed by atoms with Gasteiger partial charge in [0.1, 0.15) is 13.2 Å². The Labute approximate surface area is 512 Å². The van der Waals surface area contributed by atoms with E-state index in [4.69, 9.17) is 14.2 Å². The lowest BCUT2D eigenvalue weighted by Gasteiger charge is -2.18. The Morgan fingerprint density at radius 1 is 0.253 bits per heavy atom. The summed E-state index contributed by atoms with van der Waals surface area (Å²) in [6, 6.07) is 0. The monoisotopic (exact) mass is 1150 g/mol. The Morgan fingerprint density at radius 3 is 0.735 bits per heavy atom. The van der Waals surface area contributed by atoms with E-state index in [1.54, 1.807) is 0 Å². The van der Waals surface area contributed by atoms with Crippen LogP contribution in [-0.4, -0.2) is 37.2 Å². The van der Waals surface area contributed by atoms with Crippen LogP contribution in [0.4, 0.5) is 0 Å². The van der Waals surface area contributed by atoms with Crippen LogP contribution in [0.15, 0.2) is 146 Å². The van der Waals surface area contributed by atoms with Gasteiger partial charge in [-0.15, -0.1) is 0 Å². The summed E-state index contributed by atoms with van der Waals surface area (Å²) in [5, 5.41) is 0. The molecule has 0 amide bonds. The lowest BCUT2D eigenvalue weighted by atomic mass is 10.0. The van der Waals surface area contributed by atoms with Gasteiger partial charge in [-0.05, 0) is 135 Å². The van der Waals surface area contributed by atoms with Crippen molar-refractivity contribution in [3.05, 3.63) is 146 Å². The maximum atomic E-state index is 12.9. The van der Waals surface area contributed by atoms with Crippen molar-refractivity contribution in [3.63, 3.8) is 0 Å². The van der Waals surface area contributed by atoms with Gasteiger partial charge in [-0.3, -0.25) is 14.4 Å². The van der Waals surface area contributed by atoms with Crippen LogP contribution in [0, 0.1) is 0 Å². The van der Waals surface area contributed by atoms with Gasteiger partial charge in [-0.25, -0.2) is 0 Å². The molecule has 0 rings (SSSR count). The summed E-state index contributed by atoms with van der Waals surface area (Å²) in [6.07, 6.45) is 100. The van der Waals surface area contributed by atoms with Gasteiger partial charge >= 0.3 is 17.9 Å². The molecule has 0 aliphatic heterocycles. The fourth-order valence-corrected chi connectivity index (χ4v) is 9.24. The quantitative estimate of drug-likeness (QED) is 0.0261. The van der Waals surface area contributed by atoms with Gasteiger partial charge in [0.05, 0.1) is 0 Å². The molecule has 0 aliphatic carbocycles. The van der Waals surface area contributed by atoms with Crippen molar-refractivity contribution in [2.75, 3.05) is 13.2 Å². The van der Waals surface area contributed by atoms with Crippen molar-refractivity contribution in [2.45, 2.75) is 309 Å². The Bertz CT molecular complexity index is 1800. The van der Waals surface area contributed by atoms with Gasteiger partial charge in [0.2, 0.25) is 0 Å². The molecule has 0 saturated heterocycles. The van der Waals surface area contributed by atoms with Crippen molar-refractivity contribution < 1.29 is 28.6 Å². The summed E-state index contributed by atoms with van der Waals surface area (Å²) in [5.74, 6) is -0.917. The number of hydrogen-bond acceptors (Lipinski definition) is 6. The zero-order valence-corrected chi connectivity index (χ0v) is 53.9. The molecule has 0 aliphatic rings. The Hall–Kier alpha value is -4.71. The standard InChI is InChI=1S/C77H126O6/c1-4-7-10-13-16-19-22-25-27-29-31-32-33-34-35-36-37-38-39-40-41-42-43-44-46-47-49-52-55-58-61-64-67-70-76(79)82-73-74(72-81-75(78)69-66-63-60-57-54-51-24-21-18-15-12-9-6-3)83-77(80)71-68-65-62-59-56-53-50-48-45-30-28-26-23-20-17-14-11-8-5-2/h7-8,10-12,15-17,19-21,24-28,31-32,34-35,37-38,45,48,74H,4-6,9,13-14,18,22-23,29-30,33,36,39-44,46-47,49-73H2,1-3H3/b10-7-,11-8-,15-12-,19-16-,20-17-,24-21-,27-25-,28-26-,32-31-,35-34-,38-37-,48-45-. The zero-order chi connectivity index (χ0) is 59.9. The van der Waals surface area contributed by atoms with E-state index in [0.29, 0.717) is 19.3 Å². The number of rotatable bonds is 61. The third-order valence-corrected chi connectivity index (χ3v) is 14.3. The minimum absolute atomic E-state index is 0.0916. The fraction of sp³-hybridized carbons (Fsp3) is 0.649. The van der Waals surface area contributed by atoms with Crippen LogP contribution in [0.25, 0.3) is 0 Å². The van der Waals surface area contributed by atoms with Crippen LogP contribution >= 0.6 is 0 Å². The first-order chi connectivity index (χ1) is 41.0.